The summed E-state index contributed by atoms with van der Waals surface area (Å²) in [4.78, 5) is 37.6. The summed E-state index contributed by atoms with van der Waals surface area (Å²) in [6.07, 6.45) is 106. The zero-order chi connectivity index (χ0) is 67.5. The molecule has 0 spiro atoms. The Bertz CT molecular complexity index is 2140. The number of carboxylic acids is 1. The molecule has 0 bridgehead atoms. The predicted molar refractivity (Wildman–Crippen MR) is 400 cm³/mol. The number of rotatable bonds is 67. The molecule has 9 heteroatoms. The van der Waals surface area contributed by atoms with Crippen molar-refractivity contribution in [2.24, 2.45) is 0 Å². The van der Waals surface area contributed by atoms with Gasteiger partial charge in [0.15, 0.2) is 6.10 Å². The fraction of sp³-hybridized carbons (Fsp3) is 0.631. The lowest BCUT2D eigenvalue weighted by Crippen LogP contribution is -2.40. The number of carbonyl (C=O) groups excluding carboxylic acids is 2. The van der Waals surface area contributed by atoms with Crippen LogP contribution in [0.2, 0.25) is 0 Å². The maximum absolute atomic E-state index is 12.9. The van der Waals surface area contributed by atoms with E-state index in [4.69, 9.17) is 18.9 Å². The largest absolute Gasteiger partial charge is 0.477 e. The average molecular weight is 1290 g/mol. The third-order valence-corrected chi connectivity index (χ3v) is 15.5. The molecular formula is C84H138NO8+. The van der Waals surface area contributed by atoms with Gasteiger partial charge in [-0.2, -0.15) is 0 Å². The minimum absolute atomic E-state index is 0.169. The summed E-state index contributed by atoms with van der Waals surface area (Å²) in [5, 5.41) is 9.75. The van der Waals surface area contributed by atoms with E-state index in [0.29, 0.717) is 23.9 Å². The first kappa shape index (κ1) is 87.7. The van der Waals surface area contributed by atoms with Crippen LogP contribution in [0, 0.1) is 0 Å². The molecule has 0 rings (SSSR count). The van der Waals surface area contributed by atoms with Gasteiger partial charge in [-0.1, -0.05) is 319 Å². The molecule has 0 fully saturated rings. The summed E-state index contributed by atoms with van der Waals surface area (Å²) >= 11 is 0. The highest BCUT2D eigenvalue weighted by Crippen LogP contribution is 2.17. The number of hydrogen-bond acceptors (Lipinski definition) is 7. The molecule has 0 radical (unpaired) electrons. The van der Waals surface area contributed by atoms with E-state index in [1.807, 2.05) is 21.1 Å². The minimum atomic E-state index is -1.54. The maximum atomic E-state index is 12.9. The zero-order valence-electron chi connectivity index (χ0n) is 60.1. The minimum Gasteiger partial charge on any atom is -0.477 e. The molecule has 0 aromatic heterocycles. The zero-order valence-corrected chi connectivity index (χ0v) is 60.1. The predicted octanol–water partition coefficient (Wildman–Crippen LogP) is 23.8. The van der Waals surface area contributed by atoms with Crippen LogP contribution in [0.4, 0.5) is 0 Å². The molecule has 0 aliphatic heterocycles. The van der Waals surface area contributed by atoms with Gasteiger partial charge < -0.3 is 28.5 Å². The smallest absolute Gasteiger partial charge is 0.361 e. The number of allylic oxidation sites excluding steroid dienone is 28. The van der Waals surface area contributed by atoms with Crippen molar-refractivity contribution in [1.82, 2.24) is 0 Å². The van der Waals surface area contributed by atoms with Crippen LogP contribution >= 0.6 is 0 Å². The van der Waals surface area contributed by atoms with Crippen LogP contribution in [-0.2, 0) is 33.3 Å². The number of carboxylic acid groups (broad SMARTS) is 1. The topological polar surface area (TPSA) is 108 Å². The highest BCUT2D eigenvalue weighted by molar-refractivity contribution is 5.71. The van der Waals surface area contributed by atoms with Crippen molar-refractivity contribution in [2.75, 3.05) is 47.5 Å². The standard InChI is InChI=1S/C84H137NO8/c1-6-8-10-12-14-16-18-20-22-24-26-28-30-32-34-36-37-38-39-40-41-42-43-44-45-47-48-50-52-54-56-58-60-62-64-66-68-70-72-74-81(86)91-78-80(79-92-84(83(88)89)90-77-76-85(3,4)5)93-82(87)75-73-71-69-67-65-63-61-59-57-55-53-51-49-46-35-33-31-29-27-25-23-21-19-17-15-13-11-9-7-2/h8-11,14-17,20-23,26-29,32-35,49,51,55,57,61,63,67,69,80,84H,6-7,12-13,18-19,24-25,30-31,36-48,50,52-54,56,58-60,62,64-66,68,70-79H2,1-5H3/p+1/b10-8-,11-9-,16-14-,17-15-,22-20-,23-21-,28-26-,29-27-,34-32-,35-33-,51-49-,57-55-,63-61-,69-67-. The molecule has 1 N–H and O–H groups in total. The van der Waals surface area contributed by atoms with E-state index < -0.39 is 24.3 Å². The maximum Gasteiger partial charge on any atom is 0.361 e. The summed E-state index contributed by atoms with van der Waals surface area (Å²) < 4.78 is 22.9. The van der Waals surface area contributed by atoms with Gasteiger partial charge >= 0.3 is 17.9 Å². The second kappa shape index (κ2) is 72.5. The van der Waals surface area contributed by atoms with Crippen molar-refractivity contribution < 1.29 is 42.9 Å². The van der Waals surface area contributed by atoms with Crippen LogP contribution in [0.15, 0.2) is 170 Å². The van der Waals surface area contributed by atoms with Crippen LogP contribution in [0.3, 0.4) is 0 Å². The average Bonchev–Trinajstić information content (AvgIpc) is 3.74. The molecule has 0 aromatic rings. The Morgan fingerprint density at radius 2 is 0.591 bits per heavy atom. The monoisotopic (exact) mass is 1290 g/mol. The number of carbonyl (C=O) groups is 3. The number of ether oxygens (including phenoxy) is 4. The van der Waals surface area contributed by atoms with Crippen LogP contribution in [0.5, 0.6) is 0 Å². The molecule has 0 aromatic carbocycles. The number of quaternary nitrogens is 1. The number of unbranched alkanes of at least 4 members (excludes halogenated alkanes) is 24. The summed E-state index contributed by atoms with van der Waals surface area (Å²) in [6.45, 7) is 4.58. The normalized spacial score (nSPS) is 13.7. The van der Waals surface area contributed by atoms with Gasteiger partial charge in [-0.05, 0) is 122 Å². The quantitative estimate of drug-likeness (QED) is 0.0211. The molecule has 526 valence electrons. The molecule has 2 unspecified atom stereocenters. The van der Waals surface area contributed by atoms with Gasteiger partial charge in [0.25, 0.3) is 6.29 Å². The second-order valence-electron chi connectivity index (χ2n) is 25.5. The van der Waals surface area contributed by atoms with E-state index >= 15 is 0 Å². The van der Waals surface area contributed by atoms with E-state index in [-0.39, 0.29) is 38.6 Å². The highest BCUT2D eigenvalue weighted by Gasteiger charge is 2.25. The molecule has 9 nitrogen and oxygen atoms in total. The molecule has 0 amide bonds. The number of hydrogen-bond donors (Lipinski definition) is 1. The van der Waals surface area contributed by atoms with Gasteiger partial charge in [0.2, 0.25) is 0 Å². The summed E-state index contributed by atoms with van der Waals surface area (Å²) in [5.41, 5.74) is 0. The first-order valence-corrected chi connectivity index (χ1v) is 37.3. The highest BCUT2D eigenvalue weighted by atomic mass is 16.7. The van der Waals surface area contributed by atoms with Crippen LogP contribution in [-0.4, -0.2) is 87.4 Å². The van der Waals surface area contributed by atoms with Gasteiger partial charge in [0.1, 0.15) is 13.2 Å². The van der Waals surface area contributed by atoms with Crippen molar-refractivity contribution in [3.8, 4) is 0 Å². The van der Waals surface area contributed by atoms with Crippen molar-refractivity contribution >= 4 is 17.9 Å². The van der Waals surface area contributed by atoms with Crippen LogP contribution < -0.4 is 0 Å². The Hall–Kier alpha value is -5.35. The Balaban J connectivity index is 4.13. The molecule has 0 saturated heterocycles. The second-order valence-corrected chi connectivity index (χ2v) is 25.5. The summed E-state index contributed by atoms with van der Waals surface area (Å²) in [5.74, 6) is -2.09. The van der Waals surface area contributed by atoms with Crippen LogP contribution in [0.1, 0.15) is 284 Å². The lowest BCUT2D eigenvalue weighted by molar-refractivity contribution is -0.870. The fourth-order valence-electron chi connectivity index (χ4n) is 9.87. The summed E-state index contributed by atoms with van der Waals surface area (Å²) in [7, 11) is 5.95. The SMILES string of the molecule is CC/C=C\C/C=C\C/C=C\C/C=C\C/C=C\C/C=C\C/C=C\C/C=C\C/C=C\CCCC(=O)OC(COC(=O)CCCCCCCCCCCCCCCCCCCCCCCCC/C=C\C/C=C\C/C=C\C/C=C\C/C=C\CC)COC(OCC[N+](C)(C)C)C(=O)O. The van der Waals surface area contributed by atoms with Crippen LogP contribution in [0.25, 0.3) is 0 Å². The number of esters is 2. The van der Waals surface area contributed by atoms with E-state index in [1.54, 1.807) is 0 Å². The first-order valence-electron chi connectivity index (χ1n) is 37.3. The van der Waals surface area contributed by atoms with Crippen molar-refractivity contribution in [3.05, 3.63) is 170 Å². The Kier molecular flexibility index (Phi) is 68.3. The molecule has 93 heavy (non-hydrogen) atoms. The Morgan fingerprint density at radius 3 is 0.892 bits per heavy atom. The van der Waals surface area contributed by atoms with Crippen molar-refractivity contribution in [2.45, 2.75) is 296 Å². The third-order valence-electron chi connectivity index (χ3n) is 15.5. The molecular weight excluding hydrogens is 1150 g/mol. The molecule has 0 aliphatic rings. The molecule has 2 atom stereocenters. The molecule has 0 aliphatic carbocycles. The lowest BCUT2D eigenvalue weighted by Gasteiger charge is -2.25. The Labute approximate surface area is 571 Å². The van der Waals surface area contributed by atoms with E-state index in [2.05, 4.69) is 184 Å². The van der Waals surface area contributed by atoms with E-state index in [1.165, 1.54) is 135 Å². The molecule has 0 saturated carbocycles. The van der Waals surface area contributed by atoms with Gasteiger partial charge in [0.05, 0.1) is 34.4 Å². The van der Waals surface area contributed by atoms with Gasteiger partial charge in [-0.15, -0.1) is 0 Å². The van der Waals surface area contributed by atoms with E-state index in [0.717, 1.165) is 109 Å². The van der Waals surface area contributed by atoms with Crippen molar-refractivity contribution in [1.29, 1.82) is 0 Å². The van der Waals surface area contributed by atoms with Crippen molar-refractivity contribution in [3.63, 3.8) is 0 Å². The lowest BCUT2D eigenvalue weighted by atomic mass is 10.0. The van der Waals surface area contributed by atoms with Gasteiger partial charge in [-0.25, -0.2) is 4.79 Å². The first-order chi connectivity index (χ1) is 45.6. The fourth-order valence-corrected chi connectivity index (χ4v) is 9.87. The third kappa shape index (κ3) is 73.9. The van der Waals surface area contributed by atoms with Gasteiger partial charge in [-0.3, -0.25) is 9.59 Å². The molecule has 0 heterocycles. The number of nitrogens with zero attached hydrogens (tertiary/aromatic N) is 1. The number of aliphatic carboxylic acids is 1. The Morgan fingerprint density at radius 1 is 0.323 bits per heavy atom. The number of likely N-dealkylation sites (N-methyl/N-ethyl adjacent to an activating group) is 1. The van der Waals surface area contributed by atoms with Gasteiger partial charge in [0, 0.05) is 12.8 Å². The summed E-state index contributed by atoms with van der Waals surface area (Å²) in [6, 6.07) is 0. The van der Waals surface area contributed by atoms with E-state index in [9.17, 15) is 19.5 Å².